The van der Waals surface area contributed by atoms with Crippen molar-refractivity contribution in [1.29, 1.82) is 0 Å². The molecule has 114 valence electrons. The number of carboxylic acids is 1. The number of phenolic OH excluding ortho intramolecular Hbond substituents is 1. The number of benzene rings is 1. The van der Waals surface area contributed by atoms with Crippen LogP contribution in [0.25, 0.3) is 0 Å². The molecule has 1 aromatic rings. The van der Waals surface area contributed by atoms with Gasteiger partial charge >= 0.3 is 57.4 Å². The van der Waals surface area contributed by atoms with Gasteiger partial charge in [0.05, 0.1) is 18.6 Å². The Balaban J connectivity index is 0.00000441. The number of nitrogens with one attached hydrogen (secondary N) is 1. The van der Waals surface area contributed by atoms with Crippen LogP contribution < -0.4 is 61.8 Å². The van der Waals surface area contributed by atoms with Crippen LogP contribution in [-0.2, 0) is 20.7 Å². The predicted molar refractivity (Wildman–Crippen MR) is 74.1 cm³/mol. The van der Waals surface area contributed by atoms with Crippen molar-refractivity contribution in [3.05, 3.63) is 41.6 Å². The standard InChI is InChI=1S/C15H19NO5.K/c1-3-21-14(18)8-10(2)16-13(15(19)20)9-11-4-6-12(17)7-5-11;/h4-8,13,16-17H,3,9H2,1-2H3,(H,19,20);/q;+1/p-1/b10-8+;/t13-;/m0./s1. The van der Waals surface area contributed by atoms with Gasteiger partial charge in [0, 0.05) is 11.8 Å². The number of hydrogen-bond acceptors (Lipinski definition) is 6. The first-order chi connectivity index (χ1) is 9.92. The molecule has 0 amide bonds. The number of rotatable bonds is 7. The molecule has 7 heteroatoms. The van der Waals surface area contributed by atoms with E-state index in [0.717, 1.165) is 5.56 Å². The van der Waals surface area contributed by atoms with Gasteiger partial charge in [-0.25, -0.2) is 4.79 Å². The summed E-state index contributed by atoms with van der Waals surface area (Å²) in [7, 11) is 0. The molecule has 0 bridgehead atoms. The van der Waals surface area contributed by atoms with Gasteiger partial charge in [-0.2, -0.15) is 0 Å². The van der Waals surface area contributed by atoms with Gasteiger partial charge in [-0.15, -0.1) is 0 Å². The fraction of sp³-hybridized carbons (Fsp3) is 0.333. The zero-order valence-corrected chi connectivity index (χ0v) is 16.1. The van der Waals surface area contributed by atoms with Crippen LogP contribution in [0.3, 0.4) is 0 Å². The van der Waals surface area contributed by atoms with E-state index in [2.05, 4.69) is 5.32 Å². The van der Waals surface area contributed by atoms with Gasteiger partial charge in [-0.1, -0.05) is 12.1 Å². The fourth-order valence-electron chi connectivity index (χ4n) is 1.74. The number of aromatic hydroxyl groups is 1. The molecular weight excluding hydrogens is 313 g/mol. The zero-order valence-electron chi connectivity index (χ0n) is 13.0. The molecule has 0 aliphatic heterocycles. The molecule has 0 heterocycles. The van der Waals surface area contributed by atoms with Crippen molar-refractivity contribution < 1.29 is 75.9 Å². The molecule has 0 unspecified atom stereocenters. The summed E-state index contributed by atoms with van der Waals surface area (Å²) in [4.78, 5) is 22.4. The minimum absolute atomic E-state index is 0. The molecule has 0 saturated heterocycles. The average Bonchev–Trinajstić information content (AvgIpc) is 2.40. The number of hydrogen-bond donors (Lipinski definition) is 2. The number of phenols is 1. The number of ether oxygens (including phenoxy) is 1. The molecule has 0 saturated carbocycles. The first-order valence-corrected chi connectivity index (χ1v) is 6.52. The monoisotopic (exact) mass is 331 g/mol. The van der Waals surface area contributed by atoms with Crippen molar-refractivity contribution >= 4 is 11.9 Å². The van der Waals surface area contributed by atoms with Crippen LogP contribution in [0.1, 0.15) is 19.4 Å². The maximum Gasteiger partial charge on any atom is 1.00 e. The van der Waals surface area contributed by atoms with Crippen molar-refractivity contribution in [3.63, 3.8) is 0 Å². The summed E-state index contributed by atoms with van der Waals surface area (Å²) in [5, 5.41) is 23.0. The Kier molecular flexibility index (Phi) is 10.4. The van der Waals surface area contributed by atoms with Gasteiger partial charge in [-0.05, 0) is 38.0 Å². The quantitative estimate of drug-likeness (QED) is 0.316. The van der Waals surface area contributed by atoms with E-state index >= 15 is 0 Å². The van der Waals surface area contributed by atoms with Crippen LogP contribution in [0.15, 0.2) is 36.0 Å². The molecular formula is C15H18KNO5. The summed E-state index contributed by atoms with van der Waals surface area (Å²) < 4.78 is 4.74. The summed E-state index contributed by atoms with van der Waals surface area (Å²) in [6.45, 7) is 3.51. The van der Waals surface area contributed by atoms with E-state index in [1.165, 1.54) is 18.2 Å². The predicted octanol–water partition coefficient (Wildman–Crippen LogP) is -2.89. The second kappa shape index (κ2) is 10.8. The Morgan fingerprint density at radius 2 is 1.95 bits per heavy atom. The van der Waals surface area contributed by atoms with E-state index in [1.807, 2.05) is 0 Å². The summed E-state index contributed by atoms with van der Waals surface area (Å²) in [6, 6.07) is 5.21. The molecule has 0 radical (unpaired) electrons. The second-order valence-electron chi connectivity index (χ2n) is 4.47. The SMILES string of the molecule is CCOC(=O)/C=C(\C)N[C@@H](Cc1ccc(O)cc1)C(=O)[O-].[K+]. The Morgan fingerprint density at radius 1 is 1.36 bits per heavy atom. The molecule has 1 atom stereocenters. The second-order valence-corrected chi connectivity index (χ2v) is 4.47. The molecule has 1 aromatic carbocycles. The summed E-state index contributed by atoms with van der Waals surface area (Å²) in [5.41, 5.74) is 1.10. The van der Waals surface area contributed by atoms with Crippen LogP contribution >= 0.6 is 0 Å². The number of allylic oxidation sites excluding steroid dienone is 1. The summed E-state index contributed by atoms with van der Waals surface area (Å²) in [6.07, 6.45) is 1.35. The zero-order chi connectivity index (χ0) is 15.8. The largest absolute Gasteiger partial charge is 1.00 e. The topological polar surface area (TPSA) is 98.7 Å². The van der Waals surface area contributed by atoms with Gasteiger partial charge in [0.1, 0.15) is 5.75 Å². The average molecular weight is 331 g/mol. The van der Waals surface area contributed by atoms with E-state index in [1.54, 1.807) is 26.0 Å². The van der Waals surface area contributed by atoms with Gasteiger partial charge in [0.25, 0.3) is 0 Å². The summed E-state index contributed by atoms with van der Waals surface area (Å²) in [5.74, 6) is -1.71. The van der Waals surface area contributed by atoms with Gasteiger partial charge in [0.2, 0.25) is 0 Å². The van der Waals surface area contributed by atoms with Crippen LogP contribution in [0.5, 0.6) is 5.75 Å². The Labute approximate surface area is 172 Å². The van der Waals surface area contributed by atoms with Crippen LogP contribution in [0.2, 0.25) is 0 Å². The first-order valence-electron chi connectivity index (χ1n) is 6.52. The van der Waals surface area contributed by atoms with Gasteiger partial charge < -0.3 is 25.1 Å². The molecule has 0 aliphatic rings. The fourth-order valence-corrected chi connectivity index (χ4v) is 1.74. The van der Waals surface area contributed by atoms with Crippen molar-refractivity contribution in [2.45, 2.75) is 26.3 Å². The van der Waals surface area contributed by atoms with Gasteiger partial charge in [-0.3, -0.25) is 0 Å². The van der Waals surface area contributed by atoms with E-state index in [0.29, 0.717) is 5.70 Å². The Hall–Kier alpha value is -0.864. The normalized spacial score (nSPS) is 12.0. The van der Waals surface area contributed by atoms with E-state index in [4.69, 9.17) is 4.74 Å². The minimum Gasteiger partial charge on any atom is -0.548 e. The molecule has 2 N–H and O–H groups in total. The molecule has 6 nitrogen and oxygen atoms in total. The minimum atomic E-state index is -1.28. The van der Waals surface area contributed by atoms with Crippen molar-refractivity contribution in [1.82, 2.24) is 5.32 Å². The molecule has 0 spiro atoms. The number of esters is 1. The third kappa shape index (κ3) is 7.95. The van der Waals surface area contributed by atoms with Crippen molar-refractivity contribution in [2.24, 2.45) is 0 Å². The number of carboxylic acid groups (broad SMARTS) is 1. The maximum atomic E-state index is 11.3. The number of carbonyl (C=O) groups excluding carboxylic acids is 2. The molecule has 22 heavy (non-hydrogen) atoms. The van der Waals surface area contributed by atoms with Crippen LogP contribution in [-0.4, -0.2) is 29.7 Å². The maximum absolute atomic E-state index is 11.3. The van der Waals surface area contributed by atoms with Crippen LogP contribution in [0, 0.1) is 0 Å². The van der Waals surface area contributed by atoms with Crippen molar-refractivity contribution in [2.75, 3.05) is 6.61 Å². The van der Waals surface area contributed by atoms with Gasteiger partial charge in [0.15, 0.2) is 0 Å². The number of aliphatic carboxylic acids is 1. The molecule has 1 rings (SSSR count). The Morgan fingerprint density at radius 3 is 2.45 bits per heavy atom. The molecule has 0 fully saturated rings. The van der Waals surface area contributed by atoms with Crippen molar-refractivity contribution in [3.8, 4) is 5.75 Å². The van der Waals surface area contributed by atoms with E-state index in [-0.39, 0.29) is 70.2 Å². The first kappa shape index (κ1) is 21.1. The smallest absolute Gasteiger partial charge is 0.548 e. The third-order valence-corrected chi connectivity index (χ3v) is 2.68. The molecule has 0 aliphatic carbocycles. The third-order valence-electron chi connectivity index (χ3n) is 2.68. The Bertz CT molecular complexity index is 527. The van der Waals surface area contributed by atoms with Crippen LogP contribution in [0.4, 0.5) is 0 Å². The summed E-state index contributed by atoms with van der Waals surface area (Å²) >= 11 is 0. The molecule has 0 aromatic heterocycles. The number of carbonyl (C=O) groups is 2. The van der Waals surface area contributed by atoms with E-state index in [9.17, 15) is 19.8 Å². The van der Waals surface area contributed by atoms with E-state index < -0.39 is 18.0 Å².